The van der Waals surface area contributed by atoms with Crippen LogP contribution in [0, 0.1) is 0 Å². The van der Waals surface area contributed by atoms with E-state index in [2.05, 4.69) is 206 Å². The minimum absolute atomic E-state index is 1.17. The Bertz CT molecular complexity index is 3310. The van der Waals surface area contributed by atoms with E-state index in [1.807, 2.05) is 0 Å². The summed E-state index contributed by atoms with van der Waals surface area (Å²) in [5.74, 6) is 0. The predicted molar refractivity (Wildman–Crippen MR) is 242 cm³/mol. The summed E-state index contributed by atoms with van der Waals surface area (Å²) < 4.78 is 2.50. The molecule has 11 rings (SSSR count). The van der Waals surface area contributed by atoms with E-state index in [1.165, 1.54) is 109 Å². The van der Waals surface area contributed by atoms with Gasteiger partial charge >= 0.3 is 0 Å². The van der Waals surface area contributed by atoms with Crippen molar-refractivity contribution < 1.29 is 0 Å². The summed E-state index contributed by atoms with van der Waals surface area (Å²) in [5.41, 5.74) is 8.67. The van der Waals surface area contributed by atoms with Crippen LogP contribution in [0.15, 0.2) is 182 Å². The second kappa shape index (κ2) is 12.0. The highest BCUT2D eigenvalue weighted by Crippen LogP contribution is 2.45. The van der Waals surface area contributed by atoms with Crippen LogP contribution in [0.2, 0.25) is 19.6 Å². The van der Waals surface area contributed by atoms with E-state index in [9.17, 15) is 0 Å². The van der Waals surface area contributed by atoms with Gasteiger partial charge in [-0.25, -0.2) is 0 Å². The van der Waals surface area contributed by atoms with E-state index in [4.69, 9.17) is 0 Å². The first-order chi connectivity index (χ1) is 26.9. The first kappa shape index (κ1) is 32.0. The van der Waals surface area contributed by atoms with Gasteiger partial charge in [-0.2, -0.15) is 0 Å². The third-order valence-corrected chi connectivity index (χ3v) is 14.0. The molecule has 10 aromatic carbocycles. The molecular weight excluding hydrogens is 679 g/mol. The molecule has 2 heteroatoms. The molecule has 55 heavy (non-hydrogen) atoms. The predicted octanol–water partition coefficient (Wildman–Crippen LogP) is 14.4. The SMILES string of the molecule is C[Si](C)(C)c1ccc(-c2ccc3cc(-c4ccc5c(c4)c4ccccc4c4c5ccc5c6c7ccccc7ccc6n(-c6ccccc6)c54)ccc3c2)cc1. The molecule has 0 spiro atoms. The molecule has 0 atom stereocenters. The quantitative estimate of drug-likeness (QED) is 0.126. The van der Waals surface area contributed by atoms with E-state index in [1.54, 1.807) is 0 Å². The van der Waals surface area contributed by atoms with E-state index < -0.39 is 8.07 Å². The first-order valence-electron chi connectivity index (χ1n) is 19.3. The average Bonchev–Trinajstić information content (AvgIpc) is 3.58. The third kappa shape index (κ3) is 4.99. The lowest BCUT2D eigenvalue weighted by Gasteiger charge is -2.17. The van der Waals surface area contributed by atoms with Crippen molar-refractivity contribution in [3.63, 3.8) is 0 Å². The van der Waals surface area contributed by atoms with Gasteiger partial charge < -0.3 is 4.57 Å². The van der Waals surface area contributed by atoms with Crippen molar-refractivity contribution in [3.05, 3.63) is 182 Å². The van der Waals surface area contributed by atoms with Crippen LogP contribution in [0.3, 0.4) is 0 Å². The van der Waals surface area contributed by atoms with Gasteiger partial charge in [0, 0.05) is 21.8 Å². The number of para-hydroxylation sites is 1. The van der Waals surface area contributed by atoms with Crippen molar-refractivity contribution in [1.82, 2.24) is 4.57 Å². The van der Waals surface area contributed by atoms with Crippen molar-refractivity contribution in [1.29, 1.82) is 0 Å². The van der Waals surface area contributed by atoms with Crippen LogP contribution in [0.25, 0.3) is 104 Å². The molecular formula is C53H39NSi. The molecule has 0 bridgehead atoms. The lowest BCUT2D eigenvalue weighted by atomic mass is 9.90. The first-order valence-corrected chi connectivity index (χ1v) is 22.8. The molecule has 0 aliphatic rings. The molecule has 1 heterocycles. The average molecular weight is 718 g/mol. The second-order valence-electron chi connectivity index (χ2n) is 16.1. The smallest absolute Gasteiger partial charge is 0.0775 e. The van der Waals surface area contributed by atoms with Gasteiger partial charge in [0.2, 0.25) is 0 Å². The van der Waals surface area contributed by atoms with E-state index in [0.717, 1.165) is 0 Å². The number of nitrogens with zero attached hydrogens (tertiary/aromatic N) is 1. The summed E-state index contributed by atoms with van der Waals surface area (Å²) in [6.07, 6.45) is 0. The zero-order valence-corrected chi connectivity index (χ0v) is 32.3. The number of hydrogen-bond donors (Lipinski definition) is 0. The molecule has 1 aromatic heterocycles. The van der Waals surface area contributed by atoms with Gasteiger partial charge in [0.15, 0.2) is 0 Å². The maximum Gasteiger partial charge on any atom is 0.0775 e. The standard InChI is InChI=1S/C53H39NSi/c1-55(2,3)42-25-21-34(22-26-42)36-17-18-38-32-39(20-19-37(38)31-36)40-23-27-45-47-28-29-48-51-43-14-8-7-11-35(43)24-30-50(51)54(41-12-5-4-6-13-41)53(48)52(47)46-16-10-9-15-44(46)49(45)33-40/h4-33H,1-3H3. The molecule has 0 unspecified atom stereocenters. The molecule has 0 aliphatic heterocycles. The Kier molecular flexibility index (Phi) is 6.99. The molecule has 0 aliphatic carbocycles. The molecule has 0 saturated heterocycles. The lowest BCUT2D eigenvalue weighted by molar-refractivity contribution is 1.19. The fourth-order valence-corrected chi connectivity index (χ4v) is 10.3. The Morgan fingerprint density at radius 3 is 1.62 bits per heavy atom. The normalized spacial score (nSPS) is 12.3. The number of benzene rings is 10. The highest BCUT2D eigenvalue weighted by molar-refractivity contribution is 6.88. The molecule has 0 amide bonds. The van der Waals surface area contributed by atoms with Crippen LogP contribution >= 0.6 is 0 Å². The topological polar surface area (TPSA) is 4.93 Å². The summed E-state index contributed by atoms with van der Waals surface area (Å²) in [5, 5.41) is 16.9. The molecule has 0 fully saturated rings. The van der Waals surface area contributed by atoms with Crippen LogP contribution in [0.5, 0.6) is 0 Å². The molecule has 11 aromatic rings. The number of rotatable bonds is 4. The van der Waals surface area contributed by atoms with Crippen molar-refractivity contribution >= 4 is 88.9 Å². The molecule has 0 radical (unpaired) electrons. The van der Waals surface area contributed by atoms with Crippen LogP contribution in [-0.4, -0.2) is 12.6 Å². The Morgan fingerprint density at radius 2 is 0.873 bits per heavy atom. The van der Waals surface area contributed by atoms with Gasteiger partial charge in [-0.05, 0) is 107 Å². The Balaban J connectivity index is 1.11. The van der Waals surface area contributed by atoms with Gasteiger partial charge in [-0.3, -0.25) is 0 Å². The maximum absolute atomic E-state index is 2.50. The van der Waals surface area contributed by atoms with Gasteiger partial charge in [-0.1, -0.05) is 170 Å². The maximum atomic E-state index is 2.50. The van der Waals surface area contributed by atoms with Gasteiger partial charge in [0.05, 0.1) is 19.1 Å². The minimum Gasteiger partial charge on any atom is -0.309 e. The van der Waals surface area contributed by atoms with Crippen molar-refractivity contribution in [2.24, 2.45) is 0 Å². The minimum atomic E-state index is -1.33. The summed E-state index contributed by atoms with van der Waals surface area (Å²) in [4.78, 5) is 0. The Hall–Kier alpha value is -6.48. The fraction of sp³-hybridized carbons (Fsp3) is 0.0566. The molecule has 260 valence electrons. The zero-order chi connectivity index (χ0) is 36.8. The zero-order valence-electron chi connectivity index (χ0n) is 31.3. The molecule has 0 saturated carbocycles. The number of hydrogen-bond acceptors (Lipinski definition) is 0. The largest absolute Gasteiger partial charge is 0.309 e. The number of aromatic nitrogens is 1. The van der Waals surface area contributed by atoms with E-state index >= 15 is 0 Å². The summed E-state index contributed by atoms with van der Waals surface area (Å²) >= 11 is 0. The fourth-order valence-electron chi connectivity index (χ4n) is 9.10. The summed E-state index contributed by atoms with van der Waals surface area (Å²) in [6.45, 7) is 7.21. The number of fused-ring (bicyclic) bond motifs is 13. The van der Waals surface area contributed by atoms with Crippen LogP contribution in [0.4, 0.5) is 0 Å². The van der Waals surface area contributed by atoms with Crippen LogP contribution < -0.4 is 5.19 Å². The Morgan fingerprint density at radius 1 is 0.345 bits per heavy atom. The van der Waals surface area contributed by atoms with Crippen molar-refractivity contribution in [3.8, 4) is 27.9 Å². The van der Waals surface area contributed by atoms with Gasteiger partial charge in [-0.15, -0.1) is 0 Å². The molecule has 0 N–H and O–H groups in total. The molecule has 1 nitrogen and oxygen atoms in total. The van der Waals surface area contributed by atoms with E-state index in [0.29, 0.717) is 0 Å². The highest BCUT2D eigenvalue weighted by atomic mass is 28.3. The van der Waals surface area contributed by atoms with Crippen LogP contribution in [-0.2, 0) is 0 Å². The van der Waals surface area contributed by atoms with Crippen LogP contribution in [0.1, 0.15) is 0 Å². The second-order valence-corrected chi connectivity index (χ2v) is 21.2. The monoisotopic (exact) mass is 717 g/mol. The van der Waals surface area contributed by atoms with Crippen molar-refractivity contribution in [2.45, 2.75) is 19.6 Å². The van der Waals surface area contributed by atoms with Crippen molar-refractivity contribution in [2.75, 3.05) is 0 Å². The lowest BCUT2D eigenvalue weighted by Crippen LogP contribution is -2.37. The van der Waals surface area contributed by atoms with E-state index in [-0.39, 0.29) is 0 Å². The summed E-state index contributed by atoms with van der Waals surface area (Å²) in [6, 6.07) is 68.1. The third-order valence-electron chi connectivity index (χ3n) is 11.9. The Labute approximate surface area is 321 Å². The van der Waals surface area contributed by atoms with Gasteiger partial charge in [0.1, 0.15) is 0 Å². The highest BCUT2D eigenvalue weighted by Gasteiger charge is 2.21. The van der Waals surface area contributed by atoms with Gasteiger partial charge in [0.25, 0.3) is 0 Å². The summed E-state index contributed by atoms with van der Waals surface area (Å²) in [7, 11) is -1.33.